The molecule has 0 unspecified atom stereocenters. The van der Waals surface area contributed by atoms with Crippen LogP contribution in [0.5, 0.6) is 0 Å². The van der Waals surface area contributed by atoms with Crippen LogP contribution in [-0.4, -0.2) is 31.7 Å². The van der Waals surface area contributed by atoms with Crippen LogP contribution in [-0.2, 0) is 9.84 Å². The number of rotatable bonds is 4. The maximum Gasteiger partial charge on any atom is 0.185 e. The summed E-state index contributed by atoms with van der Waals surface area (Å²) in [6.07, 6.45) is 1.27. The largest absolute Gasteiger partial charge is 0.348 e. The number of nitrogens with zero attached hydrogens (tertiary/aromatic N) is 2. The second kappa shape index (κ2) is 8.16. The molecule has 1 aliphatic rings. The van der Waals surface area contributed by atoms with Crippen molar-refractivity contribution >= 4 is 26.3 Å². The molecule has 1 aliphatic heterocycles. The highest BCUT2D eigenvalue weighted by Gasteiger charge is 2.34. The van der Waals surface area contributed by atoms with Gasteiger partial charge in [0.1, 0.15) is 0 Å². The van der Waals surface area contributed by atoms with Gasteiger partial charge < -0.3 is 4.90 Å². The van der Waals surface area contributed by atoms with Gasteiger partial charge in [0, 0.05) is 24.0 Å². The molecule has 0 atom stereocenters. The molecule has 0 radical (unpaired) electrons. The van der Waals surface area contributed by atoms with Gasteiger partial charge in [0.25, 0.3) is 0 Å². The fourth-order valence-electron chi connectivity index (χ4n) is 4.49. The summed E-state index contributed by atoms with van der Waals surface area (Å²) in [5, 5.41) is 2.74. The molecule has 2 aromatic carbocycles. The first-order chi connectivity index (χ1) is 14.3. The van der Waals surface area contributed by atoms with Crippen molar-refractivity contribution in [3.8, 4) is 11.3 Å². The summed E-state index contributed by atoms with van der Waals surface area (Å²) in [6, 6.07) is 12.3. The summed E-state index contributed by atoms with van der Waals surface area (Å²) in [6.45, 7) is 9.34. The van der Waals surface area contributed by atoms with Crippen molar-refractivity contribution in [2.75, 3.05) is 18.0 Å². The van der Waals surface area contributed by atoms with Gasteiger partial charge in [-0.1, -0.05) is 41.5 Å². The predicted molar refractivity (Wildman–Crippen MR) is 125 cm³/mol. The number of sulfone groups is 1. The summed E-state index contributed by atoms with van der Waals surface area (Å²) in [5.41, 5.74) is 6.15. The molecule has 0 bridgehead atoms. The molecule has 0 aliphatic carbocycles. The number of hydrogen-bond acceptors (Lipinski definition) is 5. The van der Waals surface area contributed by atoms with Crippen LogP contribution in [0, 0.1) is 27.7 Å². The van der Waals surface area contributed by atoms with Crippen LogP contribution in [0.25, 0.3) is 11.3 Å². The van der Waals surface area contributed by atoms with E-state index < -0.39 is 9.84 Å². The molecule has 1 saturated heterocycles. The van der Waals surface area contributed by atoms with Gasteiger partial charge in [-0.3, -0.25) is 0 Å². The van der Waals surface area contributed by atoms with E-state index in [1.807, 2.05) is 32.9 Å². The van der Waals surface area contributed by atoms with Crippen LogP contribution < -0.4 is 4.90 Å². The topological polar surface area (TPSA) is 50.3 Å². The van der Waals surface area contributed by atoms with E-state index in [0.29, 0.717) is 30.8 Å². The average Bonchev–Trinajstić information content (AvgIpc) is 3.17. The van der Waals surface area contributed by atoms with E-state index in [2.05, 4.69) is 41.5 Å². The monoisotopic (exact) mass is 440 g/mol. The SMILES string of the molecule is Cc1cccc(-c2csc(N3CCC(S(=O)(=O)c4c(C)cc(C)cc4C)CC3)n2)c1. The summed E-state index contributed by atoms with van der Waals surface area (Å²) >= 11 is 1.63. The smallest absolute Gasteiger partial charge is 0.185 e. The lowest BCUT2D eigenvalue weighted by Crippen LogP contribution is -2.39. The van der Waals surface area contributed by atoms with Crippen LogP contribution in [0.15, 0.2) is 46.7 Å². The van der Waals surface area contributed by atoms with Gasteiger partial charge in [-0.05, 0) is 57.7 Å². The molecule has 2 heterocycles. The molecule has 158 valence electrons. The van der Waals surface area contributed by atoms with E-state index in [-0.39, 0.29) is 5.25 Å². The van der Waals surface area contributed by atoms with Crippen LogP contribution in [0.1, 0.15) is 35.1 Å². The Labute approximate surface area is 183 Å². The second-order valence-electron chi connectivity index (χ2n) is 8.34. The van der Waals surface area contributed by atoms with Gasteiger partial charge in [-0.15, -0.1) is 11.3 Å². The molecule has 4 nitrogen and oxygen atoms in total. The number of thiazole rings is 1. The predicted octanol–water partition coefficient (Wildman–Crippen LogP) is 5.49. The van der Waals surface area contributed by atoms with Gasteiger partial charge in [0.05, 0.1) is 15.8 Å². The highest BCUT2D eigenvalue weighted by atomic mass is 32.2. The maximum atomic E-state index is 13.4. The van der Waals surface area contributed by atoms with E-state index in [9.17, 15) is 8.42 Å². The fourth-order valence-corrected chi connectivity index (χ4v) is 7.55. The summed E-state index contributed by atoms with van der Waals surface area (Å²) in [5.74, 6) is 0. The molecule has 1 aromatic heterocycles. The molecule has 0 amide bonds. The highest BCUT2D eigenvalue weighted by Crippen LogP contribution is 2.33. The zero-order chi connectivity index (χ0) is 21.5. The van der Waals surface area contributed by atoms with E-state index in [1.54, 1.807) is 11.3 Å². The normalized spacial score (nSPS) is 15.5. The maximum absolute atomic E-state index is 13.4. The zero-order valence-electron chi connectivity index (χ0n) is 18.0. The average molecular weight is 441 g/mol. The van der Waals surface area contributed by atoms with Crippen molar-refractivity contribution < 1.29 is 8.42 Å². The van der Waals surface area contributed by atoms with Crippen molar-refractivity contribution in [3.63, 3.8) is 0 Å². The highest BCUT2D eigenvalue weighted by molar-refractivity contribution is 7.92. The Morgan fingerprint density at radius 1 is 0.967 bits per heavy atom. The number of anilines is 1. The summed E-state index contributed by atoms with van der Waals surface area (Å²) in [7, 11) is -3.33. The third kappa shape index (κ3) is 4.03. The Balaban J connectivity index is 1.49. The first kappa shape index (κ1) is 21.1. The molecule has 0 spiro atoms. The molecule has 3 aromatic rings. The molecule has 0 saturated carbocycles. The van der Waals surface area contributed by atoms with Crippen molar-refractivity contribution in [3.05, 3.63) is 64.0 Å². The van der Waals surface area contributed by atoms with Crippen LogP contribution in [0.3, 0.4) is 0 Å². The number of aromatic nitrogens is 1. The van der Waals surface area contributed by atoms with Crippen molar-refractivity contribution in [1.82, 2.24) is 4.98 Å². The zero-order valence-corrected chi connectivity index (χ0v) is 19.6. The van der Waals surface area contributed by atoms with Gasteiger partial charge in [0.2, 0.25) is 0 Å². The Kier molecular flexibility index (Phi) is 5.73. The second-order valence-corrected chi connectivity index (χ2v) is 11.3. The quantitative estimate of drug-likeness (QED) is 0.538. The van der Waals surface area contributed by atoms with Crippen LogP contribution in [0.2, 0.25) is 0 Å². The lowest BCUT2D eigenvalue weighted by Gasteiger charge is -2.32. The van der Waals surface area contributed by atoms with E-state index >= 15 is 0 Å². The van der Waals surface area contributed by atoms with Crippen molar-refractivity contribution in [2.24, 2.45) is 0 Å². The minimum absolute atomic E-state index is 0.329. The van der Waals surface area contributed by atoms with Gasteiger partial charge in [-0.2, -0.15) is 0 Å². The third-order valence-electron chi connectivity index (χ3n) is 5.85. The lowest BCUT2D eigenvalue weighted by atomic mass is 10.1. The van der Waals surface area contributed by atoms with Gasteiger partial charge in [-0.25, -0.2) is 13.4 Å². The van der Waals surface area contributed by atoms with Gasteiger partial charge >= 0.3 is 0 Å². The van der Waals surface area contributed by atoms with Crippen LogP contribution in [0.4, 0.5) is 5.13 Å². The van der Waals surface area contributed by atoms with E-state index in [0.717, 1.165) is 33.1 Å². The molecule has 0 N–H and O–H groups in total. The number of piperidine rings is 1. The Morgan fingerprint density at radius 2 is 1.63 bits per heavy atom. The Hall–Kier alpha value is -2.18. The molecule has 30 heavy (non-hydrogen) atoms. The molecule has 1 fully saturated rings. The molecular weight excluding hydrogens is 412 g/mol. The van der Waals surface area contributed by atoms with Crippen molar-refractivity contribution in [1.29, 1.82) is 0 Å². The molecule has 6 heteroatoms. The molecular formula is C24H28N2O2S2. The lowest BCUT2D eigenvalue weighted by molar-refractivity contribution is 0.528. The summed E-state index contributed by atoms with van der Waals surface area (Å²) in [4.78, 5) is 7.58. The van der Waals surface area contributed by atoms with E-state index in [4.69, 9.17) is 4.98 Å². The minimum atomic E-state index is -3.33. The first-order valence-corrected chi connectivity index (χ1v) is 12.8. The minimum Gasteiger partial charge on any atom is -0.348 e. The number of aryl methyl sites for hydroxylation is 4. The molecule has 4 rings (SSSR count). The number of hydrogen-bond donors (Lipinski definition) is 0. The van der Waals surface area contributed by atoms with E-state index in [1.165, 1.54) is 5.56 Å². The third-order valence-corrected chi connectivity index (χ3v) is 9.31. The Bertz CT molecular complexity index is 1150. The van der Waals surface area contributed by atoms with Crippen molar-refractivity contribution in [2.45, 2.75) is 50.7 Å². The fraction of sp³-hybridized carbons (Fsp3) is 0.375. The summed E-state index contributed by atoms with van der Waals surface area (Å²) < 4.78 is 26.7. The first-order valence-electron chi connectivity index (χ1n) is 10.3. The number of benzene rings is 2. The standard InChI is InChI=1S/C24H28N2O2S2/c1-16-6-5-7-20(14-16)22-15-29-24(25-22)26-10-8-21(9-11-26)30(27,28)23-18(3)12-17(2)13-19(23)4/h5-7,12-15,21H,8-11H2,1-4H3. The Morgan fingerprint density at radius 3 is 2.27 bits per heavy atom. The van der Waals surface area contributed by atoms with Gasteiger partial charge in [0.15, 0.2) is 15.0 Å². The van der Waals surface area contributed by atoms with Crippen LogP contribution >= 0.6 is 11.3 Å².